The first-order valence-electron chi connectivity index (χ1n) is 5.68. The number of hydrogen-bond acceptors (Lipinski definition) is 2. The molecule has 0 aliphatic rings. The normalized spacial score (nSPS) is 10.9. The molecule has 0 bridgehead atoms. The van der Waals surface area contributed by atoms with Gasteiger partial charge in [0.1, 0.15) is 11.4 Å². The number of hydrogen-bond donors (Lipinski definition) is 2. The average molecular weight is 267 g/mol. The molecule has 0 unspecified atom stereocenters. The monoisotopic (exact) mass is 266 g/mol. The predicted octanol–water partition coefficient (Wildman–Crippen LogP) is 2.97. The number of ether oxygens (including phenoxy) is 1. The molecule has 0 radical (unpaired) electrons. The first-order valence-corrected chi connectivity index (χ1v) is 6.06. The van der Waals surface area contributed by atoms with E-state index < -0.39 is 0 Å². The first kappa shape index (κ1) is 12.8. The summed E-state index contributed by atoms with van der Waals surface area (Å²) in [7, 11) is 1.58. The molecule has 0 spiro atoms. The number of halogens is 1. The SMILES string of the molecule is COc1cc(Cl)c2[nH]c(C(=O)NC(C)C)cc2c1. The smallest absolute Gasteiger partial charge is 0.267 e. The van der Waals surface area contributed by atoms with Crippen molar-refractivity contribution in [3.05, 3.63) is 28.9 Å². The Balaban J connectivity index is 2.44. The van der Waals surface area contributed by atoms with Crippen molar-refractivity contribution in [1.82, 2.24) is 10.3 Å². The molecule has 1 aromatic carbocycles. The van der Waals surface area contributed by atoms with Gasteiger partial charge in [-0.1, -0.05) is 11.6 Å². The number of aromatic amines is 1. The molecule has 0 saturated heterocycles. The summed E-state index contributed by atoms with van der Waals surface area (Å²) in [6.45, 7) is 3.83. The minimum Gasteiger partial charge on any atom is -0.497 e. The van der Waals surface area contributed by atoms with E-state index in [4.69, 9.17) is 16.3 Å². The summed E-state index contributed by atoms with van der Waals surface area (Å²) in [4.78, 5) is 14.9. The van der Waals surface area contributed by atoms with Gasteiger partial charge in [-0.25, -0.2) is 0 Å². The third-order valence-electron chi connectivity index (χ3n) is 2.55. The van der Waals surface area contributed by atoms with E-state index in [1.54, 1.807) is 19.2 Å². The Labute approximate surface area is 110 Å². The number of methoxy groups -OCH3 is 1. The van der Waals surface area contributed by atoms with E-state index in [1.165, 1.54) is 0 Å². The summed E-state index contributed by atoms with van der Waals surface area (Å²) in [6.07, 6.45) is 0. The van der Waals surface area contributed by atoms with Crippen LogP contribution in [0, 0.1) is 0 Å². The van der Waals surface area contributed by atoms with E-state index in [1.807, 2.05) is 19.9 Å². The second kappa shape index (κ2) is 4.90. The van der Waals surface area contributed by atoms with Gasteiger partial charge in [0.25, 0.3) is 5.91 Å². The summed E-state index contributed by atoms with van der Waals surface area (Å²) in [5, 5.41) is 4.21. The second-order valence-electron chi connectivity index (χ2n) is 4.38. The van der Waals surface area contributed by atoms with E-state index in [0.29, 0.717) is 16.5 Å². The van der Waals surface area contributed by atoms with Gasteiger partial charge in [0.2, 0.25) is 0 Å². The fourth-order valence-electron chi connectivity index (χ4n) is 1.75. The molecule has 4 nitrogen and oxygen atoms in total. The highest BCUT2D eigenvalue weighted by Crippen LogP contribution is 2.29. The maximum absolute atomic E-state index is 11.9. The molecule has 2 aromatic rings. The third-order valence-corrected chi connectivity index (χ3v) is 2.85. The zero-order valence-corrected chi connectivity index (χ0v) is 11.3. The van der Waals surface area contributed by atoms with Gasteiger partial charge >= 0.3 is 0 Å². The molecule has 5 heteroatoms. The van der Waals surface area contributed by atoms with Crippen LogP contribution in [-0.4, -0.2) is 24.0 Å². The number of benzene rings is 1. The first-order chi connectivity index (χ1) is 8.51. The van der Waals surface area contributed by atoms with Crippen LogP contribution in [0.2, 0.25) is 5.02 Å². The highest BCUT2D eigenvalue weighted by Gasteiger charge is 2.12. The van der Waals surface area contributed by atoms with E-state index in [0.717, 1.165) is 10.9 Å². The van der Waals surface area contributed by atoms with Crippen LogP contribution in [0.4, 0.5) is 0 Å². The molecule has 0 saturated carbocycles. The topological polar surface area (TPSA) is 54.1 Å². The average Bonchev–Trinajstić information content (AvgIpc) is 2.72. The Morgan fingerprint density at radius 2 is 2.11 bits per heavy atom. The number of H-pyrrole nitrogens is 1. The molecular weight excluding hydrogens is 252 g/mol. The standard InChI is InChI=1S/C13H15ClN2O2/c1-7(2)15-13(17)11-5-8-4-9(18-3)6-10(14)12(8)16-11/h4-7,16H,1-3H3,(H,15,17). The lowest BCUT2D eigenvalue weighted by Gasteiger charge is -2.05. The van der Waals surface area contributed by atoms with Gasteiger partial charge in [-0.3, -0.25) is 4.79 Å². The van der Waals surface area contributed by atoms with E-state index in [2.05, 4.69) is 10.3 Å². The van der Waals surface area contributed by atoms with Gasteiger partial charge in [0.15, 0.2) is 0 Å². The molecule has 2 rings (SSSR count). The van der Waals surface area contributed by atoms with Gasteiger partial charge < -0.3 is 15.0 Å². The van der Waals surface area contributed by atoms with Crippen LogP contribution in [0.15, 0.2) is 18.2 Å². The quantitative estimate of drug-likeness (QED) is 0.897. The van der Waals surface area contributed by atoms with E-state index >= 15 is 0 Å². The molecule has 1 heterocycles. The fourth-order valence-corrected chi connectivity index (χ4v) is 2.02. The zero-order valence-electron chi connectivity index (χ0n) is 10.5. The van der Waals surface area contributed by atoms with Crippen molar-refractivity contribution in [1.29, 1.82) is 0 Å². The number of rotatable bonds is 3. The van der Waals surface area contributed by atoms with Crippen LogP contribution in [-0.2, 0) is 0 Å². The van der Waals surface area contributed by atoms with Gasteiger partial charge in [0.05, 0.1) is 17.6 Å². The highest BCUT2D eigenvalue weighted by atomic mass is 35.5. The van der Waals surface area contributed by atoms with Crippen molar-refractivity contribution in [3.63, 3.8) is 0 Å². The van der Waals surface area contributed by atoms with Crippen molar-refractivity contribution in [3.8, 4) is 5.75 Å². The number of amides is 1. The van der Waals surface area contributed by atoms with Crippen molar-refractivity contribution in [2.24, 2.45) is 0 Å². The van der Waals surface area contributed by atoms with Crippen LogP contribution < -0.4 is 10.1 Å². The second-order valence-corrected chi connectivity index (χ2v) is 4.79. The van der Waals surface area contributed by atoms with Crippen molar-refractivity contribution < 1.29 is 9.53 Å². The molecule has 0 fully saturated rings. The van der Waals surface area contributed by atoms with Crippen LogP contribution in [0.5, 0.6) is 5.75 Å². The molecule has 2 N–H and O–H groups in total. The Morgan fingerprint density at radius 1 is 1.39 bits per heavy atom. The minimum atomic E-state index is -0.142. The molecule has 96 valence electrons. The molecule has 18 heavy (non-hydrogen) atoms. The summed E-state index contributed by atoms with van der Waals surface area (Å²) in [5.41, 5.74) is 1.24. The van der Waals surface area contributed by atoms with Gasteiger partial charge in [-0.15, -0.1) is 0 Å². The summed E-state index contributed by atoms with van der Waals surface area (Å²) in [6, 6.07) is 5.41. The number of carbonyl (C=O) groups is 1. The fraction of sp³-hybridized carbons (Fsp3) is 0.308. The molecule has 1 amide bonds. The Morgan fingerprint density at radius 3 is 2.72 bits per heavy atom. The lowest BCUT2D eigenvalue weighted by atomic mass is 10.2. The number of carbonyl (C=O) groups excluding carboxylic acids is 1. The number of nitrogens with one attached hydrogen (secondary N) is 2. The van der Waals surface area contributed by atoms with Crippen LogP contribution >= 0.6 is 11.6 Å². The van der Waals surface area contributed by atoms with E-state index in [-0.39, 0.29) is 11.9 Å². The number of aromatic nitrogens is 1. The molecular formula is C13H15ClN2O2. The molecule has 1 aromatic heterocycles. The Kier molecular flexibility index (Phi) is 3.48. The lowest BCUT2D eigenvalue weighted by molar-refractivity contribution is 0.0939. The van der Waals surface area contributed by atoms with Crippen molar-refractivity contribution in [2.75, 3.05) is 7.11 Å². The molecule has 0 atom stereocenters. The van der Waals surface area contributed by atoms with E-state index in [9.17, 15) is 4.79 Å². The maximum Gasteiger partial charge on any atom is 0.267 e. The zero-order chi connectivity index (χ0) is 13.3. The highest BCUT2D eigenvalue weighted by molar-refractivity contribution is 6.35. The summed E-state index contributed by atoms with van der Waals surface area (Å²) < 4.78 is 5.14. The maximum atomic E-state index is 11.9. The van der Waals surface area contributed by atoms with Crippen molar-refractivity contribution >= 4 is 28.4 Å². The van der Waals surface area contributed by atoms with Gasteiger partial charge in [-0.2, -0.15) is 0 Å². The van der Waals surface area contributed by atoms with Crippen LogP contribution in [0.1, 0.15) is 24.3 Å². The minimum absolute atomic E-state index is 0.0916. The lowest BCUT2D eigenvalue weighted by Crippen LogP contribution is -2.30. The Hall–Kier alpha value is -1.68. The van der Waals surface area contributed by atoms with Crippen LogP contribution in [0.3, 0.4) is 0 Å². The Bertz CT molecular complexity index is 590. The van der Waals surface area contributed by atoms with Crippen LogP contribution in [0.25, 0.3) is 10.9 Å². The molecule has 0 aliphatic carbocycles. The van der Waals surface area contributed by atoms with Crippen molar-refractivity contribution in [2.45, 2.75) is 19.9 Å². The summed E-state index contributed by atoms with van der Waals surface area (Å²) >= 11 is 6.12. The predicted molar refractivity (Wildman–Crippen MR) is 72.5 cm³/mol. The summed E-state index contributed by atoms with van der Waals surface area (Å²) in [5.74, 6) is 0.526. The largest absolute Gasteiger partial charge is 0.497 e. The van der Waals surface area contributed by atoms with Gasteiger partial charge in [-0.05, 0) is 26.0 Å². The number of fused-ring (bicyclic) bond motifs is 1. The van der Waals surface area contributed by atoms with Gasteiger partial charge in [0, 0.05) is 17.5 Å². The molecule has 0 aliphatic heterocycles. The third kappa shape index (κ3) is 2.43.